The summed E-state index contributed by atoms with van der Waals surface area (Å²) in [6, 6.07) is 0. The molecule has 0 N–H and O–H groups in total. The SMILES string of the molecule is [Br][Rh-]([Br])([Br])([Br])([Br])[Br].[K+]. The van der Waals surface area contributed by atoms with E-state index in [4.69, 9.17) is 0 Å². The van der Waals surface area contributed by atoms with E-state index < -0.39 is 0.665 Å². The number of rotatable bonds is 0. The van der Waals surface area contributed by atoms with E-state index in [-0.39, 0.29) is 51.4 Å². The van der Waals surface area contributed by atoms with Gasteiger partial charge in [0.05, 0.1) is 0 Å². The van der Waals surface area contributed by atoms with Crippen molar-refractivity contribution in [1.82, 2.24) is 0 Å². The van der Waals surface area contributed by atoms with Crippen LogP contribution in [0, 0.1) is 0 Å². The molecule has 0 aliphatic rings. The maximum Gasteiger partial charge on any atom is 1.00 e. The molecule has 8 heteroatoms. The van der Waals surface area contributed by atoms with Crippen LogP contribution in [0.5, 0.6) is 0 Å². The van der Waals surface area contributed by atoms with Crippen LogP contribution in [0.4, 0.5) is 0 Å². The van der Waals surface area contributed by atoms with Crippen molar-refractivity contribution in [3.63, 3.8) is 0 Å². The molecule has 0 rings (SSSR count). The first kappa shape index (κ1) is 15.6. The summed E-state index contributed by atoms with van der Waals surface area (Å²) in [5.41, 5.74) is 0. The van der Waals surface area contributed by atoms with Gasteiger partial charge in [-0.2, -0.15) is 0 Å². The molecule has 8 heavy (non-hydrogen) atoms. The minimum Gasteiger partial charge on any atom is 1.00 e. The van der Waals surface area contributed by atoms with Crippen LogP contribution >= 0.6 is 81.7 Å². The van der Waals surface area contributed by atoms with Crippen molar-refractivity contribution in [2.45, 2.75) is 0 Å². The van der Waals surface area contributed by atoms with Crippen molar-refractivity contribution >= 4 is 81.7 Å². The third-order valence-corrected chi connectivity index (χ3v) is 0. The summed E-state index contributed by atoms with van der Waals surface area (Å²) >= 11 is 20.0. The van der Waals surface area contributed by atoms with Crippen LogP contribution in [0.2, 0.25) is 0 Å². The van der Waals surface area contributed by atoms with Crippen LogP contribution in [0.25, 0.3) is 0 Å². The zero-order chi connectivity index (χ0) is 6.41. The van der Waals surface area contributed by atoms with Gasteiger partial charge in [-0.15, -0.1) is 0 Å². The Labute approximate surface area is 129 Å². The van der Waals surface area contributed by atoms with Gasteiger partial charge in [0.15, 0.2) is 0 Å². The van der Waals surface area contributed by atoms with Gasteiger partial charge >= 0.3 is 134 Å². The van der Waals surface area contributed by atoms with E-state index in [9.17, 15) is 0 Å². The molecular weight excluding hydrogens is 621 g/mol. The molecule has 0 aliphatic carbocycles. The fourth-order valence-corrected chi connectivity index (χ4v) is 0. The number of halogens is 6. The third kappa shape index (κ3) is 43.4. The number of hydrogen-bond donors (Lipinski definition) is 0. The quantitative estimate of drug-likeness (QED) is 0.364. The van der Waals surface area contributed by atoms with Gasteiger partial charge in [0, 0.05) is 0 Å². The van der Waals surface area contributed by atoms with Crippen molar-refractivity contribution in [3.8, 4) is 0 Å². The Balaban J connectivity index is 0. The monoisotopic (exact) mass is 615 g/mol. The molecule has 52 valence electrons. The van der Waals surface area contributed by atoms with E-state index in [1.165, 1.54) is 0 Å². The molecule has 0 saturated heterocycles. The van der Waals surface area contributed by atoms with Crippen molar-refractivity contribution < 1.29 is 52.1 Å². The fourth-order valence-electron chi connectivity index (χ4n) is 0. The molecule has 0 amide bonds. The fraction of sp³-hybridized carbons (Fsp3) is 0. The van der Waals surface area contributed by atoms with Gasteiger partial charge in [-0.05, 0) is 0 Å². The molecule has 0 nitrogen and oxygen atoms in total. The molecule has 0 heterocycles. The molecule has 0 radical (unpaired) electrons. The van der Waals surface area contributed by atoms with Crippen LogP contribution in [0.15, 0.2) is 0 Å². The Morgan fingerprint density at radius 2 is 0.625 bits per heavy atom. The first-order valence-corrected chi connectivity index (χ1v) is 23.2. The Morgan fingerprint density at radius 3 is 0.625 bits per heavy atom. The molecule has 0 aromatic heterocycles. The van der Waals surface area contributed by atoms with Crippen molar-refractivity contribution in [1.29, 1.82) is 0 Å². The predicted octanol–water partition coefficient (Wildman–Crippen LogP) is 2.08. The van der Waals surface area contributed by atoms with Gasteiger partial charge in [-0.3, -0.25) is 0 Å². The van der Waals surface area contributed by atoms with E-state index in [0.717, 1.165) is 0 Å². The maximum absolute atomic E-state index is 3.34. The summed E-state index contributed by atoms with van der Waals surface area (Å²) in [4.78, 5) is 0. The summed E-state index contributed by atoms with van der Waals surface area (Å²) in [5, 5.41) is 0. The average Bonchev–Trinajstić information content (AvgIpc) is 0.592. The maximum atomic E-state index is 3.34. The van der Waals surface area contributed by atoms with Gasteiger partial charge < -0.3 is 0 Å². The average molecular weight is 621 g/mol. The van der Waals surface area contributed by atoms with Crippen LogP contribution in [0.1, 0.15) is 0 Å². The topological polar surface area (TPSA) is 0 Å². The number of hydrogen-bond acceptors (Lipinski definition) is 0. The van der Waals surface area contributed by atoms with Gasteiger partial charge in [0.2, 0.25) is 0 Å². The Morgan fingerprint density at radius 1 is 0.625 bits per heavy atom. The van der Waals surface area contributed by atoms with Crippen molar-refractivity contribution in [3.05, 3.63) is 0 Å². The van der Waals surface area contributed by atoms with E-state index in [0.29, 0.717) is 0 Å². The second-order valence-electron chi connectivity index (χ2n) is 0.714. The van der Waals surface area contributed by atoms with E-state index in [2.05, 4.69) is 81.7 Å². The Bertz CT molecular complexity index is 67.1. The summed E-state index contributed by atoms with van der Waals surface area (Å²) in [5.74, 6) is 0. The molecule has 0 saturated carbocycles. The summed E-state index contributed by atoms with van der Waals surface area (Å²) in [6.07, 6.45) is 0. The van der Waals surface area contributed by atoms with Crippen LogP contribution in [-0.2, 0) is 0.665 Å². The normalized spacial score (nSPS) is 20.2. The molecular formula is Br6KRh. The van der Waals surface area contributed by atoms with Crippen LogP contribution < -0.4 is 51.4 Å². The van der Waals surface area contributed by atoms with Gasteiger partial charge in [-0.1, -0.05) is 0 Å². The molecule has 0 aromatic rings. The molecule has 0 unspecified atom stereocenters. The largest absolute Gasteiger partial charge is 1.00 e. The van der Waals surface area contributed by atoms with Gasteiger partial charge in [-0.25, -0.2) is 0 Å². The van der Waals surface area contributed by atoms with E-state index in [1.54, 1.807) is 0 Å². The molecule has 0 atom stereocenters. The molecule has 0 aliphatic heterocycles. The van der Waals surface area contributed by atoms with Crippen LogP contribution in [0.3, 0.4) is 0 Å². The van der Waals surface area contributed by atoms with Gasteiger partial charge in [0.1, 0.15) is 0 Å². The van der Waals surface area contributed by atoms with Crippen molar-refractivity contribution in [2.75, 3.05) is 0 Å². The second kappa shape index (κ2) is 3.71. The van der Waals surface area contributed by atoms with Crippen LogP contribution in [-0.4, -0.2) is 0 Å². The van der Waals surface area contributed by atoms with Gasteiger partial charge in [0.25, 0.3) is 0 Å². The first-order chi connectivity index (χ1) is 2.45. The second-order valence-corrected chi connectivity index (χ2v) is 114. The minimum absolute atomic E-state index is 0. The standard InChI is InChI=1S/6BrH.K.Rh/h6*1H;;/q;;;;;;+1;+5/p-6. The first-order valence-electron chi connectivity index (χ1n) is 0.756. The Kier molecular flexibility index (Phi) is 7.24. The predicted molar refractivity (Wildman–Crippen MR) is 53.6 cm³/mol. The molecule has 0 fully saturated rings. The zero-order valence-corrected chi connectivity index (χ0v) is 17.9. The molecule has 0 aromatic carbocycles. The van der Waals surface area contributed by atoms with E-state index in [1.807, 2.05) is 0 Å². The smallest absolute Gasteiger partial charge is 1.00 e. The minimum atomic E-state index is -3.11. The van der Waals surface area contributed by atoms with Crippen molar-refractivity contribution in [2.24, 2.45) is 0 Å². The Hall–Kier alpha value is 5.14. The molecule has 0 bridgehead atoms. The van der Waals surface area contributed by atoms with E-state index >= 15 is 0 Å². The molecule has 0 spiro atoms. The zero-order valence-electron chi connectivity index (χ0n) is 3.60. The third-order valence-electron chi connectivity index (χ3n) is 0. The summed E-state index contributed by atoms with van der Waals surface area (Å²) in [7, 11) is 0. The summed E-state index contributed by atoms with van der Waals surface area (Å²) in [6.45, 7) is 0. The summed E-state index contributed by atoms with van der Waals surface area (Å²) < 4.78 is -3.11.